The number of halogens is 3. The molecule has 45 heavy (non-hydrogen) atoms. The van der Waals surface area contributed by atoms with Crippen molar-refractivity contribution >= 4 is 17.5 Å². The monoisotopic (exact) mass is 613 g/mol. The average molecular weight is 614 g/mol. The fourth-order valence-electron chi connectivity index (χ4n) is 6.47. The van der Waals surface area contributed by atoms with Gasteiger partial charge in [-0.15, -0.1) is 10.2 Å². The maximum Gasteiger partial charge on any atom is 0.416 e. The molecule has 3 aliphatic rings. The Morgan fingerprint density at radius 3 is 2.69 bits per heavy atom. The summed E-state index contributed by atoms with van der Waals surface area (Å²) in [7, 11) is 1.80. The molecule has 1 N–H and O–H groups in total. The SMILES string of the molecule is Cn1cnnc1-c1cccnc1-c1cc(NCCC#N)nc(N2Cc3c(cc(CN4CCC5(CC5)C4)cc3C(F)(F)F)C2=O)c1. The quantitative estimate of drug-likeness (QED) is 0.262. The predicted octanol–water partition coefficient (Wildman–Crippen LogP) is 5.43. The van der Waals surface area contributed by atoms with Crippen LogP contribution in [0.4, 0.5) is 24.8 Å². The highest BCUT2D eigenvalue weighted by Gasteiger charge is 2.47. The van der Waals surface area contributed by atoms with Gasteiger partial charge in [-0.2, -0.15) is 18.4 Å². The second kappa shape index (κ2) is 11.0. The molecule has 13 heteroatoms. The Morgan fingerprint density at radius 1 is 1.13 bits per heavy atom. The maximum absolute atomic E-state index is 14.4. The summed E-state index contributed by atoms with van der Waals surface area (Å²) in [4.78, 5) is 26.6. The first-order valence-electron chi connectivity index (χ1n) is 14.8. The van der Waals surface area contributed by atoms with E-state index in [0.717, 1.165) is 19.5 Å². The molecule has 2 fully saturated rings. The van der Waals surface area contributed by atoms with Crippen molar-refractivity contribution in [2.24, 2.45) is 12.5 Å². The summed E-state index contributed by atoms with van der Waals surface area (Å²) in [6.45, 7) is 2.12. The molecule has 1 spiro atoms. The zero-order valence-electron chi connectivity index (χ0n) is 24.6. The number of anilines is 2. The highest BCUT2D eigenvalue weighted by Crippen LogP contribution is 2.53. The molecule has 7 rings (SSSR count). The van der Waals surface area contributed by atoms with Crippen LogP contribution in [-0.2, 0) is 26.3 Å². The van der Waals surface area contributed by atoms with E-state index in [2.05, 4.69) is 36.5 Å². The third-order valence-electron chi connectivity index (χ3n) is 8.95. The van der Waals surface area contributed by atoms with Crippen LogP contribution in [0.3, 0.4) is 0 Å². The number of nitrogens with zero attached hydrogens (tertiary/aromatic N) is 8. The summed E-state index contributed by atoms with van der Waals surface area (Å²) in [5.41, 5.74) is 1.80. The smallest absolute Gasteiger partial charge is 0.369 e. The normalized spacial score (nSPS) is 17.1. The zero-order chi connectivity index (χ0) is 31.3. The van der Waals surface area contributed by atoms with Gasteiger partial charge < -0.3 is 9.88 Å². The third kappa shape index (κ3) is 5.50. The topological polar surface area (TPSA) is 116 Å². The van der Waals surface area contributed by atoms with E-state index in [9.17, 15) is 18.0 Å². The molecule has 1 saturated heterocycles. The lowest BCUT2D eigenvalue weighted by atomic mass is 9.98. The molecule has 230 valence electrons. The van der Waals surface area contributed by atoms with Gasteiger partial charge in [0.2, 0.25) is 0 Å². The van der Waals surface area contributed by atoms with Gasteiger partial charge >= 0.3 is 6.18 Å². The highest BCUT2D eigenvalue weighted by molar-refractivity contribution is 6.10. The number of aromatic nitrogens is 5. The molecule has 10 nitrogen and oxygen atoms in total. The number of hydrogen-bond donors (Lipinski definition) is 1. The first-order valence-corrected chi connectivity index (χ1v) is 14.8. The summed E-state index contributed by atoms with van der Waals surface area (Å²) in [5, 5.41) is 20.3. The molecule has 1 aromatic carbocycles. The number of aryl methyl sites for hydroxylation is 1. The van der Waals surface area contributed by atoms with Crippen molar-refractivity contribution in [3.8, 4) is 28.7 Å². The molecule has 5 heterocycles. The number of carbonyl (C=O) groups is 1. The molecule has 2 aliphatic heterocycles. The van der Waals surface area contributed by atoms with Gasteiger partial charge in [0.25, 0.3) is 5.91 Å². The van der Waals surface area contributed by atoms with Crippen LogP contribution in [-0.4, -0.2) is 55.2 Å². The first kappa shape index (κ1) is 28.9. The zero-order valence-corrected chi connectivity index (χ0v) is 24.6. The lowest BCUT2D eigenvalue weighted by molar-refractivity contribution is -0.138. The molecule has 0 unspecified atom stereocenters. The summed E-state index contributed by atoms with van der Waals surface area (Å²) >= 11 is 0. The first-order chi connectivity index (χ1) is 21.6. The van der Waals surface area contributed by atoms with Crippen LogP contribution in [0.2, 0.25) is 0 Å². The van der Waals surface area contributed by atoms with Crippen LogP contribution in [0, 0.1) is 16.7 Å². The molecular formula is C32H30F3N9O. The van der Waals surface area contributed by atoms with Gasteiger partial charge in [-0.05, 0) is 78.7 Å². The minimum absolute atomic E-state index is 0.0453. The van der Waals surface area contributed by atoms with Crippen molar-refractivity contribution in [3.05, 3.63) is 71.2 Å². The number of fused-ring (bicyclic) bond motifs is 1. The van der Waals surface area contributed by atoms with E-state index in [0.29, 0.717) is 46.0 Å². The second-order valence-electron chi connectivity index (χ2n) is 12.1. The van der Waals surface area contributed by atoms with Gasteiger partial charge in [-0.25, -0.2) is 4.98 Å². The van der Waals surface area contributed by atoms with Gasteiger partial charge in [-0.3, -0.25) is 19.6 Å². The number of rotatable bonds is 8. The summed E-state index contributed by atoms with van der Waals surface area (Å²) < 4.78 is 45.1. The molecule has 0 radical (unpaired) electrons. The van der Waals surface area contributed by atoms with Crippen molar-refractivity contribution in [1.29, 1.82) is 5.26 Å². The van der Waals surface area contributed by atoms with Crippen molar-refractivity contribution in [2.45, 2.75) is 44.9 Å². The Balaban J connectivity index is 1.27. The van der Waals surface area contributed by atoms with Crippen LogP contribution in [0.25, 0.3) is 22.6 Å². The predicted molar refractivity (Wildman–Crippen MR) is 160 cm³/mol. The number of benzene rings is 1. The fourth-order valence-corrected chi connectivity index (χ4v) is 6.47. The standard InChI is InChI=1S/C32H30F3N9O/c1-42-19-39-41-29(42)22-4-2-9-38-28(22)21-14-26(37-10-3-8-36)40-27(15-21)44-17-24-23(30(44)45)12-20(13-25(24)32(33,34)35)16-43-11-7-31(18-43)5-6-31/h2,4,9,12-15,19H,3,5-7,10-11,16-18H2,1H3,(H,37,40). The lowest BCUT2D eigenvalue weighted by Crippen LogP contribution is -2.24. The van der Waals surface area contributed by atoms with Gasteiger partial charge in [0.05, 0.1) is 30.3 Å². The number of alkyl halides is 3. The molecule has 0 bridgehead atoms. The van der Waals surface area contributed by atoms with Crippen molar-refractivity contribution < 1.29 is 18.0 Å². The van der Waals surface area contributed by atoms with Gasteiger partial charge in [0.15, 0.2) is 5.82 Å². The van der Waals surface area contributed by atoms with Gasteiger partial charge in [-0.1, -0.05) is 0 Å². The van der Waals surface area contributed by atoms with E-state index >= 15 is 0 Å². The van der Waals surface area contributed by atoms with Crippen LogP contribution in [0.1, 0.15) is 52.7 Å². The van der Waals surface area contributed by atoms with Crippen LogP contribution in [0.5, 0.6) is 0 Å². The van der Waals surface area contributed by atoms with Crippen LogP contribution < -0.4 is 10.2 Å². The average Bonchev–Trinajstić information content (AvgIpc) is 3.28. The Kier molecular flexibility index (Phi) is 7.04. The maximum atomic E-state index is 14.4. The van der Waals surface area contributed by atoms with Crippen molar-refractivity contribution in [3.63, 3.8) is 0 Å². The van der Waals surface area contributed by atoms with E-state index in [1.807, 2.05) is 6.07 Å². The second-order valence-corrected chi connectivity index (χ2v) is 12.1. The minimum atomic E-state index is -4.63. The van der Waals surface area contributed by atoms with E-state index < -0.39 is 17.6 Å². The van der Waals surface area contributed by atoms with Crippen molar-refractivity contribution in [2.75, 3.05) is 29.9 Å². The number of nitriles is 1. The van der Waals surface area contributed by atoms with E-state index in [4.69, 9.17) is 5.26 Å². The summed E-state index contributed by atoms with van der Waals surface area (Å²) in [6.07, 6.45) is 2.19. The van der Waals surface area contributed by atoms with Crippen LogP contribution >= 0.6 is 0 Å². The lowest BCUT2D eigenvalue weighted by Gasteiger charge is -2.19. The van der Waals surface area contributed by atoms with Crippen molar-refractivity contribution in [1.82, 2.24) is 29.6 Å². The molecule has 1 saturated carbocycles. The van der Waals surface area contributed by atoms with Gasteiger partial charge in [0.1, 0.15) is 18.0 Å². The number of likely N-dealkylation sites (tertiary alicyclic amines) is 1. The van der Waals surface area contributed by atoms with E-state index in [1.54, 1.807) is 48.4 Å². The van der Waals surface area contributed by atoms with Gasteiger partial charge in [0, 0.05) is 49.6 Å². The Hall–Kier alpha value is -4.83. The number of pyridine rings is 2. The highest BCUT2D eigenvalue weighted by atomic mass is 19.4. The molecule has 4 aromatic rings. The third-order valence-corrected chi connectivity index (χ3v) is 8.95. The Morgan fingerprint density at radius 2 is 1.98 bits per heavy atom. The fraction of sp³-hybridized carbons (Fsp3) is 0.375. The molecule has 3 aromatic heterocycles. The Labute approximate surface area is 257 Å². The Bertz CT molecular complexity index is 1840. The molecular weight excluding hydrogens is 583 g/mol. The molecule has 0 atom stereocenters. The number of amides is 1. The van der Waals surface area contributed by atoms with E-state index in [-0.39, 0.29) is 36.5 Å². The summed E-state index contributed by atoms with van der Waals surface area (Å²) in [5.74, 6) is 0.552. The van der Waals surface area contributed by atoms with Crippen LogP contribution in [0.15, 0.2) is 48.9 Å². The largest absolute Gasteiger partial charge is 0.416 e. The minimum Gasteiger partial charge on any atom is -0.369 e. The molecule has 1 amide bonds. The summed E-state index contributed by atoms with van der Waals surface area (Å²) in [6, 6.07) is 11.9. The number of hydrogen-bond acceptors (Lipinski definition) is 8. The van der Waals surface area contributed by atoms with E-state index in [1.165, 1.54) is 23.8 Å². The molecule has 1 aliphatic carbocycles. The number of nitrogens with one attached hydrogen (secondary N) is 1. The number of carbonyl (C=O) groups excluding carboxylic acids is 1.